The van der Waals surface area contributed by atoms with Crippen molar-refractivity contribution in [1.82, 2.24) is 9.88 Å². The van der Waals surface area contributed by atoms with Crippen molar-refractivity contribution in [2.45, 2.75) is 31.3 Å². The standard InChI is InChI=1S/C10H17N3O.ClH/c1-13(2)6-9-5-12-10(14-9)7-3-8(11)4-7;/h5,7-8H,3-4,6,11H2,1-2H3;1H/t7-,8-;. The molecule has 0 unspecified atom stereocenters. The summed E-state index contributed by atoms with van der Waals surface area (Å²) in [5, 5.41) is 0. The van der Waals surface area contributed by atoms with Crippen molar-refractivity contribution in [3.05, 3.63) is 17.8 Å². The molecule has 4 nitrogen and oxygen atoms in total. The van der Waals surface area contributed by atoms with Gasteiger partial charge in [-0.25, -0.2) is 4.98 Å². The maximum atomic E-state index is 5.72. The summed E-state index contributed by atoms with van der Waals surface area (Å²) in [5.41, 5.74) is 5.72. The quantitative estimate of drug-likeness (QED) is 0.854. The van der Waals surface area contributed by atoms with Gasteiger partial charge in [0.15, 0.2) is 5.89 Å². The minimum absolute atomic E-state index is 0. The molecule has 86 valence electrons. The van der Waals surface area contributed by atoms with E-state index in [2.05, 4.69) is 9.88 Å². The van der Waals surface area contributed by atoms with Crippen LogP contribution in [0.3, 0.4) is 0 Å². The number of oxazole rings is 1. The van der Waals surface area contributed by atoms with Crippen molar-refractivity contribution >= 4 is 12.4 Å². The maximum absolute atomic E-state index is 5.72. The molecular weight excluding hydrogens is 214 g/mol. The predicted octanol–water partition coefficient (Wildman–Crippen LogP) is 1.36. The Morgan fingerprint density at radius 3 is 2.73 bits per heavy atom. The molecule has 0 bridgehead atoms. The van der Waals surface area contributed by atoms with Crippen LogP contribution >= 0.6 is 12.4 Å². The van der Waals surface area contributed by atoms with Crippen LogP contribution in [0.5, 0.6) is 0 Å². The van der Waals surface area contributed by atoms with Crippen LogP contribution in [-0.2, 0) is 6.54 Å². The Labute approximate surface area is 96.2 Å². The number of nitrogens with two attached hydrogens (primary N) is 1. The Balaban J connectivity index is 0.00000112. The maximum Gasteiger partial charge on any atom is 0.197 e. The lowest BCUT2D eigenvalue weighted by molar-refractivity contribution is 0.274. The lowest BCUT2D eigenvalue weighted by Crippen LogP contribution is -2.34. The lowest BCUT2D eigenvalue weighted by Gasteiger charge is -2.29. The summed E-state index contributed by atoms with van der Waals surface area (Å²) in [5.74, 6) is 2.26. The fourth-order valence-corrected chi connectivity index (χ4v) is 1.76. The molecule has 0 atom stereocenters. The monoisotopic (exact) mass is 231 g/mol. The number of halogens is 1. The molecule has 1 aliphatic rings. The topological polar surface area (TPSA) is 55.3 Å². The van der Waals surface area contributed by atoms with Gasteiger partial charge in [-0.15, -0.1) is 12.4 Å². The van der Waals surface area contributed by atoms with Gasteiger partial charge in [0.25, 0.3) is 0 Å². The first-order chi connectivity index (χ1) is 6.65. The molecule has 0 saturated heterocycles. The molecule has 1 heterocycles. The summed E-state index contributed by atoms with van der Waals surface area (Å²) in [7, 11) is 4.03. The highest BCUT2D eigenvalue weighted by Crippen LogP contribution is 2.35. The molecule has 15 heavy (non-hydrogen) atoms. The highest BCUT2D eigenvalue weighted by atomic mass is 35.5. The molecule has 2 rings (SSSR count). The molecule has 1 aromatic rings. The van der Waals surface area contributed by atoms with Crippen molar-refractivity contribution in [3.63, 3.8) is 0 Å². The van der Waals surface area contributed by atoms with E-state index in [-0.39, 0.29) is 12.4 Å². The molecule has 1 saturated carbocycles. The number of hydrogen-bond acceptors (Lipinski definition) is 4. The second-order valence-electron chi connectivity index (χ2n) is 4.33. The smallest absolute Gasteiger partial charge is 0.197 e. The zero-order valence-corrected chi connectivity index (χ0v) is 9.96. The summed E-state index contributed by atoms with van der Waals surface area (Å²) < 4.78 is 5.64. The molecule has 1 fully saturated rings. The second-order valence-corrected chi connectivity index (χ2v) is 4.33. The van der Waals surface area contributed by atoms with Crippen LogP contribution in [-0.4, -0.2) is 30.0 Å². The van der Waals surface area contributed by atoms with E-state index >= 15 is 0 Å². The third kappa shape index (κ3) is 2.93. The van der Waals surface area contributed by atoms with Gasteiger partial charge in [-0.05, 0) is 26.9 Å². The summed E-state index contributed by atoms with van der Waals surface area (Å²) in [6, 6.07) is 0.351. The molecular formula is C10H18ClN3O. The van der Waals surface area contributed by atoms with Crippen molar-refractivity contribution in [2.24, 2.45) is 5.73 Å². The summed E-state index contributed by atoms with van der Waals surface area (Å²) in [4.78, 5) is 6.34. The van der Waals surface area contributed by atoms with E-state index in [1.54, 1.807) is 0 Å². The van der Waals surface area contributed by atoms with E-state index in [1.165, 1.54) is 0 Å². The zero-order valence-electron chi connectivity index (χ0n) is 9.14. The summed E-state index contributed by atoms with van der Waals surface area (Å²) in [6.07, 6.45) is 3.85. The molecule has 0 radical (unpaired) electrons. The Hall–Kier alpha value is -0.580. The van der Waals surface area contributed by atoms with Crippen molar-refractivity contribution in [1.29, 1.82) is 0 Å². The SMILES string of the molecule is CN(C)Cc1cnc([C@H]2C[C@H](N)C2)o1.Cl. The van der Waals surface area contributed by atoms with E-state index in [0.29, 0.717) is 12.0 Å². The van der Waals surface area contributed by atoms with Crippen LogP contribution in [0, 0.1) is 0 Å². The van der Waals surface area contributed by atoms with Crippen LogP contribution < -0.4 is 5.73 Å². The van der Waals surface area contributed by atoms with E-state index < -0.39 is 0 Å². The van der Waals surface area contributed by atoms with E-state index in [9.17, 15) is 0 Å². The number of rotatable bonds is 3. The minimum Gasteiger partial charge on any atom is -0.444 e. The molecule has 0 aliphatic heterocycles. The van der Waals surface area contributed by atoms with Crippen LogP contribution in [0.15, 0.2) is 10.6 Å². The van der Waals surface area contributed by atoms with E-state index in [1.807, 2.05) is 20.3 Å². The molecule has 0 amide bonds. The fourth-order valence-electron chi connectivity index (χ4n) is 1.76. The van der Waals surface area contributed by atoms with Gasteiger partial charge in [0.1, 0.15) is 5.76 Å². The third-order valence-electron chi connectivity index (χ3n) is 2.57. The van der Waals surface area contributed by atoms with Crippen molar-refractivity contribution < 1.29 is 4.42 Å². The van der Waals surface area contributed by atoms with E-state index in [0.717, 1.165) is 31.0 Å². The van der Waals surface area contributed by atoms with Crippen molar-refractivity contribution in [3.8, 4) is 0 Å². The van der Waals surface area contributed by atoms with Gasteiger partial charge in [-0.2, -0.15) is 0 Å². The van der Waals surface area contributed by atoms with Crippen molar-refractivity contribution in [2.75, 3.05) is 14.1 Å². The highest BCUT2D eigenvalue weighted by molar-refractivity contribution is 5.85. The first-order valence-corrected chi connectivity index (χ1v) is 5.00. The lowest BCUT2D eigenvalue weighted by atomic mass is 9.81. The average molecular weight is 232 g/mol. The van der Waals surface area contributed by atoms with Crippen LogP contribution in [0.2, 0.25) is 0 Å². The molecule has 2 N–H and O–H groups in total. The van der Waals surface area contributed by atoms with Gasteiger partial charge in [-0.1, -0.05) is 0 Å². The number of aromatic nitrogens is 1. The number of hydrogen-bond donors (Lipinski definition) is 1. The van der Waals surface area contributed by atoms with Crippen LogP contribution in [0.1, 0.15) is 30.4 Å². The average Bonchev–Trinajstić information content (AvgIpc) is 2.46. The van der Waals surface area contributed by atoms with Gasteiger partial charge in [-0.3, -0.25) is 0 Å². The molecule has 5 heteroatoms. The minimum atomic E-state index is 0. The van der Waals surface area contributed by atoms with E-state index in [4.69, 9.17) is 10.2 Å². The summed E-state index contributed by atoms with van der Waals surface area (Å²) >= 11 is 0. The second kappa shape index (κ2) is 4.96. The molecule has 0 spiro atoms. The Morgan fingerprint density at radius 2 is 2.20 bits per heavy atom. The van der Waals surface area contributed by atoms with Gasteiger partial charge < -0.3 is 15.1 Å². The number of nitrogens with zero attached hydrogens (tertiary/aromatic N) is 2. The Bertz CT molecular complexity index is 307. The molecule has 1 aliphatic carbocycles. The Kier molecular flexibility index (Phi) is 4.13. The molecule has 0 aromatic carbocycles. The van der Waals surface area contributed by atoms with Crippen LogP contribution in [0.25, 0.3) is 0 Å². The Morgan fingerprint density at radius 1 is 1.53 bits per heavy atom. The largest absolute Gasteiger partial charge is 0.444 e. The predicted molar refractivity (Wildman–Crippen MR) is 61.1 cm³/mol. The first kappa shape index (κ1) is 12.5. The normalized spacial score (nSPS) is 24.8. The zero-order chi connectivity index (χ0) is 10.1. The molecule has 1 aromatic heterocycles. The van der Waals surface area contributed by atoms with Gasteiger partial charge >= 0.3 is 0 Å². The van der Waals surface area contributed by atoms with Gasteiger partial charge in [0, 0.05) is 12.0 Å². The van der Waals surface area contributed by atoms with Gasteiger partial charge in [0.05, 0.1) is 12.7 Å². The summed E-state index contributed by atoms with van der Waals surface area (Å²) in [6.45, 7) is 0.811. The third-order valence-corrected chi connectivity index (χ3v) is 2.57. The van der Waals surface area contributed by atoms with Crippen LogP contribution in [0.4, 0.5) is 0 Å². The first-order valence-electron chi connectivity index (χ1n) is 5.00. The fraction of sp³-hybridized carbons (Fsp3) is 0.700. The van der Waals surface area contributed by atoms with Gasteiger partial charge in [0.2, 0.25) is 0 Å². The highest BCUT2D eigenvalue weighted by Gasteiger charge is 2.30.